The molecular formula is C8H18Cl2N4. The average Bonchev–Trinajstić information content (AvgIpc) is 1.98. The van der Waals surface area contributed by atoms with Crippen LogP contribution in [0.15, 0.2) is 23.9 Å². The van der Waals surface area contributed by atoms with Gasteiger partial charge >= 0.3 is 0 Å². The third-order valence-corrected chi connectivity index (χ3v) is 1.20. The third kappa shape index (κ3) is 13.7. The van der Waals surface area contributed by atoms with E-state index in [1.165, 1.54) is 0 Å². The van der Waals surface area contributed by atoms with Crippen molar-refractivity contribution in [3.63, 3.8) is 0 Å². The van der Waals surface area contributed by atoms with Crippen molar-refractivity contribution in [3.05, 3.63) is 23.9 Å². The number of halogens is 2. The Hall–Kier alpha value is -0.870. The van der Waals surface area contributed by atoms with Crippen LogP contribution in [0.4, 0.5) is 0 Å². The van der Waals surface area contributed by atoms with Gasteiger partial charge in [-0.05, 0) is 19.4 Å². The molecule has 0 saturated carbocycles. The molecule has 6 heteroatoms. The fraction of sp³-hybridized carbons (Fsp3) is 0.375. The Morgan fingerprint density at radius 1 is 1.36 bits per heavy atom. The number of allylic oxidation sites excluding steroid dienone is 2. The minimum Gasteiger partial charge on any atom is -0.399 e. The highest BCUT2D eigenvalue weighted by Gasteiger charge is 1.85. The van der Waals surface area contributed by atoms with E-state index >= 15 is 0 Å². The van der Waals surface area contributed by atoms with Crippen molar-refractivity contribution in [2.24, 2.45) is 11.5 Å². The minimum absolute atomic E-state index is 0. The van der Waals surface area contributed by atoms with Gasteiger partial charge in [-0.15, -0.1) is 24.8 Å². The zero-order chi connectivity index (χ0) is 9.40. The molecule has 14 heavy (non-hydrogen) atoms. The van der Waals surface area contributed by atoms with Gasteiger partial charge in [0.2, 0.25) is 0 Å². The number of nitrogens with one attached hydrogen (secondary N) is 2. The summed E-state index contributed by atoms with van der Waals surface area (Å²) < 4.78 is 0. The molecular weight excluding hydrogens is 223 g/mol. The summed E-state index contributed by atoms with van der Waals surface area (Å²) in [5, 5.41) is 9.54. The summed E-state index contributed by atoms with van der Waals surface area (Å²) in [6.45, 7) is 2.56. The van der Waals surface area contributed by atoms with Gasteiger partial charge in [0.15, 0.2) is 5.96 Å². The number of hydrogen-bond acceptors (Lipinski definition) is 2. The Labute approximate surface area is 97.1 Å². The summed E-state index contributed by atoms with van der Waals surface area (Å²) >= 11 is 0. The molecule has 0 rings (SSSR count). The second kappa shape index (κ2) is 12.1. The molecule has 0 heterocycles. The van der Waals surface area contributed by atoms with Gasteiger partial charge in [0.05, 0.1) is 0 Å². The van der Waals surface area contributed by atoms with Crippen LogP contribution in [0.25, 0.3) is 0 Å². The van der Waals surface area contributed by atoms with Crippen LogP contribution in [-0.4, -0.2) is 12.5 Å². The van der Waals surface area contributed by atoms with Crippen LogP contribution >= 0.6 is 24.8 Å². The van der Waals surface area contributed by atoms with E-state index in [4.69, 9.17) is 16.9 Å². The lowest BCUT2D eigenvalue weighted by atomic mass is 10.3. The monoisotopic (exact) mass is 240 g/mol. The van der Waals surface area contributed by atoms with Gasteiger partial charge < -0.3 is 16.8 Å². The average molecular weight is 241 g/mol. The van der Waals surface area contributed by atoms with Crippen molar-refractivity contribution >= 4 is 30.8 Å². The number of rotatable bonds is 4. The van der Waals surface area contributed by atoms with Crippen LogP contribution in [0.2, 0.25) is 0 Å². The quantitative estimate of drug-likeness (QED) is 0.257. The molecule has 0 aromatic heterocycles. The summed E-state index contributed by atoms with van der Waals surface area (Å²) in [7, 11) is 0. The van der Waals surface area contributed by atoms with E-state index in [1.807, 2.05) is 25.2 Å². The van der Waals surface area contributed by atoms with Crippen molar-refractivity contribution < 1.29 is 0 Å². The highest BCUT2D eigenvalue weighted by Crippen LogP contribution is 1.89. The Kier molecular flexibility index (Phi) is 16.3. The molecule has 0 atom stereocenters. The molecule has 0 unspecified atom stereocenters. The number of guanidine groups is 1. The lowest BCUT2D eigenvalue weighted by Crippen LogP contribution is -2.30. The molecule has 0 bridgehead atoms. The van der Waals surface area contributed by atoms with Crippen molar-refractivity contribution in [1.29, 1.82) is 5.41 Å². The minimum atomic E-state index is -0.00648. The summed E-state index contributed by atoms with van der Waals surface area (Å²) in [6, 6.07) is 0. The maximum absolute atomic E-state index is 6.86. The van der Waals surface area contributed by atoms with Gasteiger partial charge in [0.1, 0.15) is 0 Å². The molecule has 0 saturated heterocycles. The van der Waals surface area contributed by atoms with E-state index < -0.39 is 0 Å². The van der Waals surface area contributed by atoms with Crippen LogP contribution in [-0.2, 0) is 0 Å². The maximum Gasteiger partial charge on any atom is 0.185 e. The fourth-order valence-electron chi connectivity index (χ4n) is 0.706. The topological polar surface area (TPSA) is 87.9 Å². The SMILES string of the molecule is CC=CC(N)=CCCNC(=N)N.Cl.Cl. The molecule has 84 valence electrons. The van der Waals surface area contributed by atoms with E-state index in [-0.39, 0.29) is 30.8 Å². The molecule has 0 aliphatic carbocycles. The zero-order valence-electron chi connectivity index (χ0n) is 8.12. The van der Waals surface area contributed by atoms with Gasteiger partial charge in [-0.3, -0.25) is 5.41 Å². The molecule has 0 fully saturated rings. The van der Waals surface area contributed by atoms with Gasteiger partial charge in [-0.1, -0.05) is 12.2 Å². The summed E-state index contributed by atoms with van der Waals surface area (Å²) in [5.41, 5.74) is 11.4. The zero-order valence-corrected chi connectivity index (χ0v) is 9.75. The molecule has 0 spiro atoms. The Balaban J connectivity index is -0.000000605. The van der Waals surface area contributed by atoms with Crippen molar-refractivity contribution in [3.8, 4) is 0 Å². The number of nitrogens with two attached hydrogens (primary N) is 2. The van der Waals surface area contributed by atoms with Gasteiger partial charge in [0, 0.05) is 12.2 Å². The first-order valence-electron chi connectivity index (χ1n) is 3.83. The largest absolute Gasteiger partial charge is 0.399 e. The van der Waals surface area contributed by atoms with Gasteiger partial charge in [-0.2, -0.15) is 0 Å². The Morgan fingerprint density at radius 2 is 1.93 bits per heavy atom. The molecule has 0 radical (unpaired) electrons. The molecule has 0 aromatic carbocycles. The summed E-state index contributed by atoms with van der Waals surface area (Å²) in [4.78, 5) is 0. The van der Waals surface area contributed by atoms with Crippen molar-refractivity contribution in [2.45, 2.75) is 13.3 Å². The first kappa shape index (κ1) is 18.8. The molecule has 0 amide bonds. The molecule has 0 aliphatic rings. The highest BCUT2D eigenvalue weighted by molar-refractivity contribution is 5.85. The first-order chi connectivity index (χ1) is 5.66. The normalized spacial score (nSPS) is 10.2. The van der Waals surface area contributed by atoms with Crippen molar-refractivity contribution in [1.82, 2.24) is 5.32 Å². The van der Waals surface area contributed by atoms with E-state index in [0.29, 0.717) is 6.54 Å². The van der Waals surface area contributed by atoms with Crippen LogP contribution < -0.4 is 16.8 Å². The highest BCUT2D eigenvalue weighted by atomic mass is 35.5. The van der Waals surface area contributed by atoms with E-state index in [0.717, 1.165) is 12.1 Å². The third-order valence-electron chi connectivity index (χ3n) is 1.20. The predicted molar refractivity (Wildman–Crippen MR) is 66.1 cm³/mol. The van der Waals surface area contributed by atoms with E-state index in [1.54, 1.807) is 0 Å². The van der Waals surface area contributed by atoms with Crippen LogP contribution in [0.5, 0.6) is 0 Å². The summed E-state index contributed by atoms with van der Waals surface area (Å²) in [6.07, 6.45) is 6.36. The van der Waals surface area contributed by atoms with Crippen molar-refractivity contribution in [2.75, 3.05) is 6.54 Å². The molecule has 0 aliphatic heterocycles. The molecule has 6 N–H and O–H groups in total. The number of hydrogen-bond donors (Lipinski definition) is 4. The van der Waals surface area contributed by atoms with Crippen LogP contribution in [0.1, 0.15) is 13.3 Å². The smallest absolute Gasteiger partial charge is 0.185 e. The second-order valence-corrected chi connectivity index (χ2v) is 2.33. The maximum atomic E-state index is 6.86. The predicted octanol–water partition coefficient (Wildman–Crippen LogP) is 1.12. The lowest BCUT2D eigenvalue weighted by molar-refractivity contribution is 0.871. The van der Waals surface area contributed by atoms with Gasteiger partial charge in [-0.25, -0.2) is 0 Å². The van der Waals surface area contributed by atoms with Crippen LogP contribution in [0.3, 0.4) is 0 Å². The Morgan fingerprint density at radius 3 is 2.36 bits per heavy atom. The Bertz CT molecular complexity index is 202. The van der Waals surface area contributed by atoms with Crippen LogP contribution in [0, 0.1) is 5.41 Å². The van der Waals surface area contributed by atoms with E-state index in [9.17, 15) is 0 Å². The first-order valence-corrected chi connectivity index (χ1v) is 3.83. The fourth-order valence-corrected chi connectivity index (χ4v) is 0.706. The molecule has 4 nitrogen and oxygen atoms in total. The standard InChI is InChI=1S/C8H16N4.2ClH/c1-2-4-7(9)5-3-6-12-8(10)11;;/h2,4-5H,3,6,9H2,1H3,(H4,10,11,12);2*1H. The molecule has 0 aromatic rings. The van der Waals surface area contributed by atoms with Gasteiger partial charge in [0.25, 0.3) is 0 Å². The summed E-state index contributed by atoms with van der Waals surface area (Å²) in [5.74, 6) is -0.00648. The second-order valence-electron chi connectivity index (χ2n) is 2.33. The lowest BCUT2D eigenvalue weighted by Gasteiger charge is -1.99. The van der Waals surface area contributed by atoms with E-state index in [2.05, 4.69) is 5.32 Å².